The molecule has 2 amide bonds. The van der Waals surface area contributed by atoms with Crippen LogP contribution in [0.5, 0.6) is 5.75 Å². The minimum absolute atomic E-state index is 0.0575. The number of benzene rings is 2. The summed E-state index contributed by atoms with van der Waals surface area (Å²) in [5, 5.41) is 11.4. The van der Waals surface area contributed by atoms with Crippen molar-refractivity contribution in [2.45, 2.75) is 25.8 Å². The Morgan fingerprint density at radius 2 is 1.82 bits per heavy atom. The van der Waals surface area contributed by atoms with E-state index in [9.17, 15) is 14.4 Å². The lowest BCUT2D eigenvalue weighted by atomic mass is 10.1. The maximum absolute atomic E-state index is 13.6. The number of hydrogen-bond donors (Lipinski definition) is 3. The van der Waals surface area contributed by atoms with Crippen LogP contribution in [0.1, 0.15) is 24.6 Å². The second-order valence-corrected chi connectivity index (χ2v) is 9.86. The highest BCUT2D eigenvalue weighted by Gasteiger charge is 2.51. The van der Waals surface area contributed by atoms with Crippen molar-refractivity contribution in [2.24, 2.45) is 11.8 Å². The van der Waals surface area contributed by atoms with Crippen molar-refractivity contribution >= 4 is 34.0 Å². The van der Waals surface area contributed by atoms with Gasteiger partial charge in [-0.2, -0.15) is 5.10 Å². The average molecular weight is 536 g/mol. The molecule has 2 aromatic carbocycles. The third-order valence-corrected chi connectivity index (χ3v) is 7.05. The second kappa shape index (κ2) is 11.8. The van der Waals surface area contributed by atoms with Gasteiger partial charge in [-0.3, -0.25) is 19.7 Å². The van der Waals surface area contributed by atoms with E-state index < -0.39 is 11.9 Å². The normalized spacial score (nSPS) is 20.3. The van der Waals surface area contributed by atoms with E-state index in [1.807, 2.05) is 37.3 Å². The van der Waals surface area contributed by atoms with Crippen LogP contribution in [0.25, 0.3) is 10.8 Å². The Bertz CT molecular complexity index is 1420. The van der Waals surface area contributed by atoms with Crippen molar-refractivity contribution in [1.29, 1.82) is 0 Å². The number of nitrogen functional groups attached to an aromatic ring is 1. The minimum atomic E-state index is -0.787. The van der Waals surface area contributed by atoms with Crippen LogP contribution in [0.4, 0.5) is 11.4 Å². The van der Waals surface area contributed by atoms with Crippen molar-refractivity contribution in [3.8, 4) is 5.75 Å². The summed E-state index contributed by atoms with van der Waals surface area (Å²) in [6.07, 6.45) is 1.05. The topological polar surface area (TPSA) is 147 Å². The van der Waals surface area contributed by atoms with Crippen molar-refractivity contribution in [1.82, 2.24) is 15.1 Å². The summed E-state index contributed by atoms with van der Waals surface area (Å²) < 4.78 is 18.0. The van der Waals surface area contributed by atoms with Gasteiger partial charge in [0.05, 0.1) is 37.5 Å². The third-order valence-electron chi connectivity index (χ3n) is 7.05. The molecule has 3 aromatic rings. The van der Waals surface area contributed by atoms with Gasteiger partial charge in [0.2, 0.25) is 5.91 Å². The number of carbonyl (C=O) groups excluding carboxylic acids is 2. The molecule has 1 aliphatic carbocycles. The third kappa shape index (κ3) is 6.21. The molecule has 11 heteroatoms. The summed E-state index contributed by atoms with van der Waals surface area (Å²) in [7, 11) is 0. The SMILES string of the molecule is Cc1nn(C2C(=O)NC(=O)CC3CC32)c(=O)c2c(NCCOCCOCCOc3cccc(N)c3)cccc12. The van der Waals surface area contributed by atoms with Gasteiger partial charge in [-0.15, -0.1) is 0 Å². The number of hydrogen-bond acceptors (Lipinski definition) is 9. The number of ether oxygens (including phenoxy) is 3. The largest absolute Gasteiger partial charge is 0.491 e. The maximum Gasteiger partial charge on any atom is 0.277 e. The number of nitrogens with two attached hydrogens (primary N) is 1. The molecule has 0 spiro atoms. The summed E-state index contributed by atoms with van der Waals surface area (Å²) in [5.41, 5.74) is 7.31. The smallest absolute Gasteiger partial charge is 0.277 e. The van der Waals surface area contributed by atoms with Gasteiger partial charge < -0.3 is 25.3 Å². The molecular weight excluding hydrogens is 502 g/mol. The molecule has 2 aliphatic rings. The van der Waals surface area contributed by atoms with Crippen LogP contribution in [0.2, 0.25) is 0 Å². The lowest BCUT2D eigenvalue weighted by Gasteiger charge is -2.19. The van der Waals surface area contributed by atoms with Gasteiger partial charge in [0, 0.05) is 35.8 Å². The zero-order chi connectivity index (χ0) is 27.4. The van der Waals surface area contributed by atoms with Gasteiger partial charge >= 0.3 is 0 Å². The van der Waals surface area contributed by atoms with Gasteiger partial charge in [0.15, 0.2) is 0 Å². The van der Waals surface area contributed by atoms with E-state index in [0.717, 1.165) is 6.42 Å². The van der Waals surface area contributed by atoms with Crippen LogP contribution >= 0.6 is 0 Å². The van der Waals surface area contributed by atoms with E-state index >= 15 is 0 Å². The van der Waals surface area contributed by atoms with Crippen molar-refractivity contribution in [2.75, 3.05) is 50.6 Å². The fourth-order valence-corrected chi connectivity index (χ4v) is 5.08. The Morgan fingerprint density at radius 1 is 1.05 bits per heavy atom. The highest BCUT2D eigenvalue weighted by Crippen LogP contribution is 2.49. The van der Waals surface area contributed by atoms with Crippen LogP contribution < -0.4 is 26.7 Å². The lowest BCUT2D eigenvalue weighted by Crippen LogP contribution is -2.41. The minimum Gasteiger partial charge on any atom is -0.491 e. The van der Waals surface area contributed by atoms with Crippen LogP contribution in [-0.2, 0) is 19.1 Å². The molecule has 11 nitrogen and oxygen atoms in total. The predicted molar refractivity (Wildman–Crippen MR) is 146 cm³/mol. The first-order chi connectivity index (χ1) is 18.9. The standard InChI is InChI=1S/C28H33N5O6/c1-17-21-6-3-7-23(30-8-9-37-10-11-38-12-13-39-20-5-2-4-19(29)16-20)25(21)28(36)33(32-17)26-22-14-18(22)15-24(34)31-27(26)35/h2-7,16,18,22,26,30H,8-15,29H2,1H3,(H,31,34,35). The average Bonchev–Trinajstić information content (AvgIpc) is 3.66. The van der Waals surface area contributed by atoms with Crippen LogP contribution in [-0.4, -0.2) is 61.2 Å². The number of amides is 2. The second-order valence-electron chi connectivity index (χ2n) is 9.86. The Balaban J connectivity index is 1.13. The summed E-state index contributed by atoms with van der Waals surface area (Å²) in [6, 6.07) is 12.0. The molecule has 1 aliphatic heterocycles. The zero-order valence-corrected chi connectivity index (χ0v) is 21.9. The van der Waals surface area contributed by atoms with E-state index in [2.05, 4.69) is 15.7 Å². The number of aromatic nitrogens is 2. The molecule has 0 bridgehead atoms. The fourth-order valence-electron chi connectivity index (χ4n) is 5.08. The molecule has 5 rings (SSSR count). The number of rotatable bonds is 12. The highest BCUT2D eigenvalue weighted by atomic mass is 16.5. The van der Waals surface area contributed by atoms with Gasteiger partial charge in [0.25, 0.3) is 11.5 Å². The first kappa shape index (κ1) is 26.6. The lowest BCUT2D eigenvalue weighted by molar-refractivity contribution is -0.132. The summed E-state index contributed by atoms with van der Waals surface area (Å²) in [5.74, 6) is 0.000887. The van der Waals surface area contributed by atoms with E-state index in [1.54, 1.807) is 12.1 Å². The van der Waals surface area contributed by atoms with Crippen molar-refractivity contribution < 1.29 is 23.8 Å². The van der Waals surface area contributed by atoms with E-state index in [1.165, 1.54) is 4.68 Å². The van der Waals surface area contributed by atoms with Crippen LogP contribution in [0, 0.1) is 18.8 Å². The fraction of sp³-hybridized carbons (Fsp3) is 0.429. The van der Waals surface area contributed by atoms with Gasteiger partial charge in [0.1, 0.15) is 18.4 Å². The number of aryl methyl sites for hydroxylation is 1. The monoisotopic (exact) mass is 535 g/mol. The number of fused-ring (bicyclic) bond motifs is 2. The number of imide groups is 1. The predicted octanol–water partition coefficient (Wildman–Crippen LogP) is 2.03. The van der Waals surface area contributed by atoms with E-state index in [0.29, 0.717) is 79.6 Å². The van der Waals surface area contributed by atoms with Gasteiger partial charge in [-0.05, 0) is 43.4 Å². The first-order valence-electron chi connectivity index (χ1n) is 13.2. The molecule has 1 saturated heterocycles. The quantitative estimate of drug-likeness (QED) is 0.180. The maximum atomic E-state index is 13.6. The molecule has 2 heterocycles. The molecule has 2 fully saturated rings. The van der Waals surface area contributed by atoms with E-state index in [-0.39, 0.29) is 23.3 Å². The van der Waals surface area contributed by atoms with Crippen molar-refractivity contribution in [3.63, 3.8) is 0 Å². The Labute approximate surface area is 225 Å². The molecule has 39 heavy (non-hydrogen) atoms. The van der Waals surface area contributed by atoms with Crippen LogP contribution in [0.15, 0.2) is 47.3 Å². The molecule has 4 N–H and O–H groups in total. The number of nitrogens with one attached hydrogen (secondary N) is 2. The Kier molecular flexibility index (Phi) is 8.08. The molecule has 0 radical (unpaired) electrons. The van der Waals surface area contributed by atoms with E-state index in [4.69, 9.17) is 19.9 Å². The molecule has 3 unspecified atom stereocenters. The molecule has 3 atom stereocenters. The van der Waals surface area contributed by atoms with Crippen LogP contribution in [0.3, 0.4) is 0 Å². The Hall–Kier alpha value is -3.96. The molecular formula is C28H33N5O6. The highest BCUT2D eigenvalue weighted by molar-refractivity contribution is 5.99. The summed E-state index contributed by atoms with van der Waals surface area (Å²) >= 11 is 0. The summed E-state index contributed by atoms with van der Waals surface area (Å²) in [6.45, 7) is 4.40. The molecule has 206 valence electrons. The molecule has 1 saturated carbocycles. The summed E-state index contributed by atoms with van der Waals surface area (Å²) in [4.78, 5) is 38.4. The number of anilines is 2. The number of carbonyl (C=O) groups is 2. The zero-order valence-electron chi connectivity index (χ0n) is 21.9. The van der Waals surface area contributed by atoms with Crippen molar-refractivity contribution in [3.05, 3.63) is 58.5 Å². The first-order valence-corrected chi connectivity index (χ1v) is 13.2. The number of nitrogens with zero attached hydrogens (tertiary/aromatic N) is 2. The molecule has 1 aromatic heterocycles. The van der Waals surface area contributed by atoms with Gasteiger partial charge in [-0.1, -0.05) is 18.2 Å². The van der Waals surface area contributed by atoms with Gasteiger partial charge in [-0.25, -0.2) is 4.68 Å². The Morgan fingerprint density at radius 3 is 2.64 bits per heavy atom.